The second-order valence-corrected chi connectivity index (χ2v) is 5.57. The van der Waals surface area contributed by atoms with E-state index in [-0.39, 0.29) is 30.8 Å². The number of esters is 1. The molecule has 0 spiro atoms. The van der Waals surface area contributed by atoms with Crippen molar-refractivity contribution < 1.29 is 19.1 Å². The molecule has 5 heteroatoms. The first kappa shape index (κ1) is 15.7. The third kappa shape index (κ3) is 3.55. The molecule has 0 aromatic rings. The summed E-state index contributed by atoms with van der Waals surface area (Å²) in [5.74, 6) is -0.836. The molecule has 0 aromatic heterocycles. The standard InChI is InChI=1S/C14H23NO4/c1-5-19-13(18)14(3,4)11(16)9-15-8-6-7-10(2)12(15)17/h10H,5-9H2,1-4H3. The van der Waals surface area contributed by atoms with E-state index in [4.69, 9.17) is 4.74 Å². The number of likely N-dealkylation sites (tertiary alicyclic amines) is 1. The van der Waals surface area contributed by atoms with Gasteiger partial charge in [-0.2, -0.15) is 0 Å². The zero-order valence-electron chi connectivity index (χ0n) is 12.2. The lowest BCUT2D eigenvalue weighted by Gasteiger charge is -2.32. The summed E-state index contributed by atoms with van der Waals surface area (Å²) in [4.78, 5) is 37.4. The zero-order valence-corrected chi connectivity index (χ0v) is 12.2. The van der Waals surface area contributed by atoms with E-state index in [1.807, 2.05) is 6.92 Å². The van der Waals surface area contributed by atoms with Crippen LogP contribution in [-0.4, -0.2) is 42.3 Å². The summed E-state index contributed by atoms with van der Waals surface area (Å²) >= 11 is 0. The number of hydrogen-bond acceptors (Lipinski definition) is 4. The van der Waals surface area contributed by atoms with Crippen LogP contribution < -0.4 is 0 Å². The lowest BCUT2D eigenvalue weighted by Crippen LogP contribution is -2.47. The molecule has 0 aliphatic carbocycles. The second kappa shape index (κ2) is 6.17. The Hall–Kier alpha value is -1.39. The topological polar surface area (TPSA) is 63.7 Å². The summed E-state index contributed by atoms with van der Waals surface area (Å²) in [6.45, 7) is 7.50. The molecule has 1 unspecified atom stereocenters. The number of Topliss-reactive ketones (excluding diaryl/α,β-unsaturated/α-hetero) is 1. The Morgan fingerprint density at radius 3 is 2.63 bits per heavy atom. The number of amides is 1. The molecule has 0 N–H and O–H groups in total. The lowest BCUT2D eigenvalue weighted by atomic mass is 9.87. The van der Waals surface area contributed by atoms with E-state index in [0.29, 0.717) is 6.54 Å². The first-order valence-corrected chi connectivity index (χ1v) is 6.80. The predicted molar refractivity (Wildman–Crippen MR) is 70.4 cm³/mol. The number of carbonyl (C=O) groups excluding carboxylic acids is 3. The molecule has 108 valence electrons. The molecule has 0 saturated carbocycles. The van der Waals surface area contributed by atoms with Crippen molar-refractivity contribution in [1.29, 1.82) is 0 Å². The average molecular weight is 269 g/mol. The van der Waals surface area contributed by atoms with Crippen molar-refractivity contribution in [3.05, 3.63) is 0 Å². The molecule has 1 heterocycles. The Balaban J connectivity index is 2.68. The van der Waals surface area contributed by atoms with Gasteiger partial charge in [-0.1, -0.05) is 6.92 Å². The van der Waals surface area contributed by atoms with Crippen molar-refractivity contribution in [2.75, 3.05) is 19.7 Å². The predicted octanol–water partition coefficient (Wildman–Crippen LogP) is 1.40. The van der Waals surface area contributed by atoms with Gasteiger partial charge in [0.2, 0.25) is 5.91 Å². The summed E-state index contributed by atoms with van der Waals surface area (Å²) in [6.07, 6.45) is 1.77. The SMILES string of the molecule is CCOC(=O)C(C)(C)C(=O)CN1CCCC(C)C1=O. The Kier molecular flexibility index (Phi) is 5.09. The highest BCUT2D eigenvalue weighted by Crippen LogP contribution is 2.22. The lowest BCUT2D eigenvalue weighted by molar-refractivity contribution is -0.159. The fourth-order valence-corrected chi connectivity index (χ4v) is 2.09. The van der Waals surface area contributed by atoms with E-state index in [0.717, 1.165) is 12.8 Å². The first-order chi connectivity index (χ1) is 8.80. The smallest absolute Gasteiger partial charge is 0.319 e. The fourth-order valence-electron chi connectivity index (χ4n) is 2.09. The van der Waals surface area contributed by atoms with E-state index in [1.54, 1.807) is 25.7 Å². The van der Waals surface area contributed by atoms with Crippen molar-refractivity contribution in [1.82, 2.24) is 4.90 Å². The summed E-state index contributed by atoms with van der Waals surface area (Å²) in [7, 11) is 0. The van der Waals surface area contributed by atoms with Crippen LogP contribution in [0.1, 0.15) is 40.5 Å². The Labute approximate surface area is 114 Å². The van der Waals surface area contributed by atoms with Crippen LogP contribution in [0.2, 0.25) is 0 Å². The van der Waals surface area contributed by atoms with Crippen LogP contribution >= 0.6 is 0 Å². The van der Waals surface area contributed by atoms with Gasteiger partial charge in [0.1, 0.15) is 5.41 Å². The average Bonchev–Trinajstić information content (AvgIpc) is 2.35. The zero-order chi connectivity index (χ0) is 14.6. The van der Waals surface area contributed by atoms with E-state index in [1.165, 1.54) is 0 Å². The second-order valence-electron chi connectivity index (χ2n) is 5.57. The van der Waals surface area contributed by atoms with Gasteiger partial charge >= 0.3 is 5.97 Å². The van der Waals surface area contributed by atoms with Gasteiger partial charge in [-0.05, 0) is 33.6 Å². The molecule has 1 saturated heterocycles. The molecule has 0 radical (unpaired) electrons. The van der Waals surface area contributed by atoms with Gasteiger partial charge in [-0.3, -0.25) is 14.4 Å². The van der Waals surface area contributed by atoms with Crippen molar-refractivity contribution in [2.24, 2.45) is 11.3 Å². The van der Waals surface area contributed by atoms with Crippen LogP contribution in [0.3, 0.4) is 0 Å². The number of nitrogens with zero attached hydrogens (tertiary/aromatic N) is 1. The number of ether oxygens (including phenoxy) is 1. The van der Waals surface area contributed by atoms with E-state index < -0.39 is 11.4 Å². The normalized spacial score (nSPS) is 20.3. The molecule has 1 amide bonds. The van der Waals surface area contributed by atoms with E-state index >= 15 is 0 Å². The highest BCUT2D eigenvalue weighted by atomic mass is 16.5. The first-order valence-electron chi connectivity index (χ1n) is 6.80. The van der Waals surface area contributed by atoms with E-state index in [2.05, 4.69) is 0 Å². The van der Waals surface area contributed by atoms with Crippen LogP contribution in [0.15, 0.2) is 0 Å². The summed E-state index contributed by atoms with van der Waals surface area (Å²) in [5.41, 5.74) is -1.20. The summed E-state index contributed by atoms with van der Waals surface area (Å²) in [6, 6.07) is 0. The van der Waals surface area contributed by atoms with Gasteiger partial charge in [0.05, 0.1) is 13.2 Å². The van der Waals surface area contributed by atoms with Gasteiger partial charge in [0.25, 0.3) is 0 Å². The number of hydrogen-bond donors (Lipinski definition) is 0. The Morgan fingerprint density at radius 1 is 1.42 bits per heavy atom. The molecule has 1 atom stereocenters. The minimum Gasteiger partial charge on any atom is -0.465 e. The van der Waals surface area contributed by atoms with Crippen LogP contribution in [0, 0.1) is 11.3 Å². The molecular formula is C14H23NO4. The maximum absolute atomic E-state index is 12.2. The molecule has 0 aromatic carbocycles. The van der Waals surface area contributed by atoms with Crippen LogP contribution in [0.5, 0.6) is 0 Å². The van der Waals surface area contributed by atoms with Crippen LogP contribution in [-0.2, 0) is 19.1 Å². The minimum atomic E-state index is -1.20. The highest BCUT2D eigenvalue weighted by molar-refractivity contribution is 6.04. The van der Waals surface area contributed by atoms with Gasteiger partial charge in [-0.25, -0.2) is 0 Å². The fraction of sp³-hybridized carbons (Fsp3) is 0.786. The van der Waals surface area contributed by atoms with Crippen molar-refractivity contribution in [3.8, 4) is 0 Å². The molecule has 1 aliphatic heterocycles. The van der Waals surface area contributed by atoms with Gasteiger partial charge in [-0.15, -0.1) is 0 Å². The minimum absolute atomic E-state index is 0.000686. The quantitative estimate of drug-likeness (QED) is 0.559. The van der Waals surface area contributed by atoms with Crippen molar-refractivity contribution in [3.63, 3.8) is 0 Å². The highest BCUT2D eigenvalue weighted by Gasteiger charge is 2.39. The van der Waals surface area contributed by atoms with Crippen LogP contribution in [0.25, 0.3) is 0 Å². The number of ketones is 1. The summed E-state index contributed by atoms with van der Waals surface area (Å²) < 4.78 is 4.90. The maximum atomic E-state index is 12.2. The molecule has 5 nitrogen and oxygen atoms in total. The number of carbonyl (C=O) groups is 3. The number of piperidine rings is 1. The van der Waals surface area contributed by atoms with E-state index in [9.17, 15) is 14.4 Å². The molecular weight excluding hydrogens is 246 g/mol. The molecule has 1 fully saturated rings. The number of rotatable bonds is 5. The third-order valence-electron chi connectivity index (χ3n) is 3.62. The molecule has 19 heavy (non-hydrogen) atoms. The van der Waals surface area contributed by atoms with Crippen molar-refractivity contribution in [2.45, 2.75) is 40.5 Å². The Bertz CT molecular complexity index is 376. The summed E-state index contributed by atoms with van der Waals surface area (Å²) in [5, 5.41) is 0. The molecule has 0 bridgehead atoms. The third-order valence-corrected chi connectivity index (χ3v) is 3.62. The van der Waals surface area contributed by atoms with Crippen molar-refractivity contribution >= 4 is 17.7 Å². The van der Waals surface area contributed by atoms with Crippen LogP contribution in [0.4, 0.5) is 0 Å². The molecule has 1 aliphatic rings. The molecule has 1 rings (SSSR count). The van der Waals surface area contributed by atoms with Gasteiger partial charge in [0.15, 0.2) is 5.78 Å². The van der Waals surface area contributed by atoms with Gasteiger partial charge in [0, 0.05) is 12.5 Å². The van der Waals surface area contributed by atoms with Gasteiger partial charge < -0.3 is 9.64 Å². The Morgan fingerprint density at radius 2 is 2.05 bits per heavy atom. The monoisotopic (exact) mass is 269 g/mol. The largest absolute Gasteiger partial charge is 0.465 e. The maximum Gasteiger partial charge on any atom is 0.319 e.